The monoisotopic (exact) mass is 382 g/mol. The van der Waals surface area contributed by atoms with Crippen LogP contribution >= 0.6 is 0 Å². The Hall–Kier alpha value is -2.77. The van der Waals surface area contributed by atoms with Gasteiger partial charge in [-0.1, -0.05) is 12.1 Å². The third-order valence-electron chi connectivity index (χ3n) is 4.19. The standard InChI is InChI=1S/C19H21F3N2O3/c1-3-24(13(2)14-6-4-7-15(12-14)19(20,21)22)17(25)9-10-23-18(26)16-8-5-11-27-16/h4-8,11-13H,3,9-10H2,1-2H3,(H,23,26). The van der Waals surface area contributed by atoms with Crippen LogP contribution in [0.1, 0.15) is 48.0 Å². The molecule has 1 aromatic carbocycles. The van der Waals surface area contributed by atoms with Crippen molar-refractivity contribution in [1.82, 2.24) is 10.2 Å². The molecule has 1 aromatic heterocycles. The number of hydrogen-bond donors (Lipinski definition) is 1. The zero-order chi connectivity index (χ0) is 20.0. The number of hydrogen-bond acceptors (Lipinski definition) is 3. The van der Waals surface area contributed by atoms with Gasteiger partial charge in [0.1, 0.15) is 0 Å². The lowest BCUT2D eigenvalue weighted by Crippen LogP contribution is -2.36. The first-order valence-corrected chi connectivity index (χ1v) is 8.52. The average Bonchev–Trinajstić information content (AvgIpc) is 3.16. The van der Waals surface area contributed by atoms with Gasteiger partial charge in [-0.15, -0.1) is 0 Å². The number of carbonyl (C=O) groups is 2. The Morgan fingerprint density at radius 2 is 1.96 bits per heavy atom. The lowest BCUT2D eigenvalue weighted by atomic mass is 10.0. The average molecular weight is 382 g/mol. The van der Waals surface area contributed by atoms with Crippen molar-refractivity contribution in [2.24, 2.45) is 0 Å². The van der Waals surface area contributed by atoms with Crippen LogP contribution < -0.4 is 5.32 Å². The molecule has 5 nitrogen and oxygen atoms in total. The summed E-state index contributed by atoms with van der Waals surface area (Å²) in [5.74, 6) is -0.545. The molecule has 1 atom stereocenters. The van der Waals surface area contributed by atoms with Crippen molar-refractivity contribution in [3.63, 3.8) is 0 Å². The highest BCUT2D eigenvalue weighted by molar-refractivity contribution is 5.91. The molecule has 0 fully saturated rings. The van der Waals surface area contributed by atoms with E-state index in [1.54, 1.807) is 26.0 Å². The highest BCUT2D eigenvalue weighted by atomic mass is 19.4. The fourth-order valence-electron chi connectivity index (χ4n) is 2.74. The molecule has 1 N–H and O–H groups in total. The van der Waals surface area contributed by atoms with E-state index in [0.29, 0.717) is 12.1 Å². The number of amides is 2. The Labute approximate surface area is 155 Å². The number of nitrogens with one attached hydrogen (secondary N) is 1. The Balaban J connectivity index is 1.98. The van der Waals surface area contributed by atoms with E-state index in [4.69, 9.17) is 4.42 Å². The fourth-order valence-corrected chi connectivity index (χ4v) is 2.74. The molecule has 0 spiro atoms. The topological polar surface area (TPSA) is 62.6 Å². The van der Waals surface area contributed by atoms with Crippen molar-refractivity contribution in [3.8, 4) is 0 Å². The molecule has 0 aliphatic heterocycles. The van der Waals surface area contributed by atoms with Crippen LogP contribution in [-0.2, 0) is 11.0 Å². The zero-order valence-electron chi connectivity index (χ0n) is 15.0. The summed E-state index contributed by atoms with van der Waals surface area (Å²) in [5, 5.41) is 2.57. The van der Waals surface area contributed by atoms with E-state index < -0.39 is 23.7 Å². The maximum Gasteiger partial charge on any atom is 0.416 e. The summed E-state index contributed by atoms with van der Waals surface area (Å²) in [6.45, 7) is 3.87. The molecule has 1 heterocycles. The van der Waals surface area contributed by atoms with E-state index in [0.717, 1.165) is 12.1 Å². The van der Waals surface area contributed by atoms with Crippen LogP contribution in [0.15, 0.2) is 47.1 Å². The van der Waals surface area contributed by atoms with Crippen molar-refractivity contribution in [1.29, 1.82) is 0 Å². The molecule has 2 amide bonds. The minimum Gasteiger partial charge on any atom is -0.459 e. The van der Waals surface area contributed by atoms with Crippen LogP contribution in [0.3, 0.4) is 0 Å². The normalized spacial score (nSPS) is 12.5. The first-order valence-electron chi connectivity index (χ1n) is 8.52. The van der Waals surface area contributed by atoms with Crippen LogP contribution in [0.25, 0.3) is 0 Å². The Bertz CT molecular complexity index is 773. The predicted octanol–water partition coefficient (Wildman–Crippen LogP) is 4.03. The predicted molar refractivity (Wildman–Crippen MR) is 92.9 cm³/mol. The number of furan rings is 1. The summed E-state index contributed by atoms with van der Waals surface area (Å²) in [7, 11) is 0. The highest BCUT2D eigenvalue weighted by Crippen LogP contribution is 2.31. The van der Waals surface area contributed by atoms with Gasteiger partial charge >= 0.3 is 6.18 Å². The largest absolute Gasteiger partial charge is 0.459 e. The van der Waals surface area contributed by atoms with Crippen molar-refractivity contribution < 1.29 is 27.2 Å². The van der Waals surface area contributed by atoms with Crippen molar-refractivity contribution >= 4 is 11.8 Å². The quantitative estimate of drug-likeness (QED) is 0.787. The second-order valence-corrected chi connectivity index (χ2v) is 5.96. The van der Waals surface area contributed by atoms with Crippen molar-refractivity contribution in [2.45, 2.75) is 32.5 Å². The molecule has 27 heavy (non-hydrogen) atoms. The second-order valence-electron chi connectivity index (χ2n) is 5.96. The number of nitrogens with zero attached hydrogens (tertiary/aromatic N) is 1. The highest BCUT2D eigenvalue weighted by Gasteiger charge is 2.31. The minimum atomic E-state index is -4.44. The number of rotatable bonds is 7. The molecule has 0 aliphatic carbocycles. The van der Waals surface area contributed by atoms with Gasteiger partial charge in [0, 0.05) is 19.5 Å². The van der Waals surface area contributed by atoms with Crippen LogP contribution in [0, 0.1) is 0 Å². The summed E-state index contributed by atoms with van der Waals surface area (Å²) in [5.41, 5.74) is -0.347. The van der Waals surface area contributed by atoms with Gasteiger partial charge in [-0.3, -0.25) is 9.59 Å². The van der Waals surface area contributed by atoms with Gasteiger partial charge in [0.2, 0.25) is 5.91 Å². The Morgan fingerprint density at radius 1 is 1.22 bits per heavy atom. The number of alkyl halides is 3. The van der Waals surface area contributed by atoms with Crippen LogP contribution in [-0.4, -0.2) is 29.8 Å². The van der Waals surface area contributed by atoms with Gasteiger partial charge in [0.05, 0.1) is 17.9 Å². The zero-order valence-corrected chi connectivity index (χ0v) is 15.0. The maximum atomic E-state index is 12.9. The third-order valence-corrected chi connectivity index (χ3v) is 4.19. The molecule has 0 saturated heterocycles. The van der Waals surface area contributed by atoms with E-state index in [1.165, 1.54) is 23.3 Å². The van der Waals surface area contributed by atoms with Crippen LogP contribution in [0.4, 0.5) is 13.2 Å². The van der Waals surface area contributed by atoms with E-state index >= 15 is 0 Å². The molecular formula is C19H21F3N2O3. The van der Waals surface area contributed by atoms with Crippen LogP contribution in [0.5, 0.6) is 0 Å². The molecule has 0 saturated carbocycles. The Kier molecular flexibility index (Phi) is 6.65. The maximum absolute atomic E-state index is 12.9. The number of halogens is 3. The first kappa shape index (κ1) is 20.5. The summed E-state index contributed by atoms with van der Waals surface area (Å²) >= 11 is 0. The molecule has 146 valence electrons. The van der Waals surface area contributed by atoms with Crippen molar-refractivity contribution in [3.05, 3.63) is 59.5 Å². The summed E-state index contributed by atoms with van der Waals surface area (Å²) in [4.78, 5) is 25.7. The molecule has 1 unspecified atom stereocenters. The molecule has 8 heteroatoms. The van der Waals surface area contributed by atoms with Crippen molar-refractivity contribution in [2.75, 3.05) is 13.1 Å². The second kappa shape index (κ2) is 8.75. The summed E-state index contributed by atoms with van der Waals surface area (Å²) < 4.78 is 43.7. The molecule has 0 radical (unpaired) electrons. The molecule has 0 aliphatic rings. The minimum absolute atomic E-state index is 0.0313. The first-order chi connectivity index (χ1) is 12.7. The third kappa shape index (κ3) is 5.35. The van der Waals surface area contributed by atoms with E-state index in [9.17, 15) is 22.8 Å². The molecule has 2 rings (SSSR count). The fraction of sp³-hybridized carbons (Fsp3) is 0.368. The van der Waals surface area contributed by atoms with Gasteiger partial charge in [-0.2, -0.15) is 13.2 Å². The van der Waals surface area contributed by atoms with Gasteiger partial charge in [0.15, 0.2) is 5.76 Å². The SMILES string of the molecule is CCN(C(=O)CCNC(=O)c1ccco1)C(C)c1cccc(C(F)(F)F)c1. The molecule has 2 aromatic rings. The van der Waals surface area contributed by atoms with Gasteiger partial charge < -0.3 is 14.6 Å². The Morgan fingerprint density at radius 3 is 2.56 bits per heavy atom. The number of benzene rings is 1. The van der Waals surface area contributed by atoms with E-state index in [2.05, 4.69) is 5.32 Å². The number of carbonyl (C=O) groups excluding carboxylic acids is 2. The summed E-state index contributed by atoms with van der Waals surface area (Å²) in [6.07, 6.45) is -3.04. The van der Waals surface area contributed by atoms with Gasteiger partial charge in [0.25, 0.3) is 5.91 Å². The van der Waals surface area contributed by atoms with Crippen LogP contribution in [0.2, 0.25) is 0 Å². The summed E-state index contributed by atoms with van der Waals surface area (Å²) in [6, 6.07) is 7.51. The smallest absolute Gasteiger partial charge is 0.416 e. The van der Waals surface area contributed by atoms with E-state index in [-0.39, 0.29) is 24.6 Å². The van der Waals surface area contributed by atoms with Gasteiger partial charge in [-0.25, -0.2) is 0 Å². The molecular weight excluding hydrogens is 361 g/mol. The lowest BCUT2D eigenvalue weighted by molar-refractivity contribution is -0.137. The van der Waals surface area contributed by atoms with E-state index in [1.807, 2.05) is 0 Å². The van der Waals surface area contributed by atoms with Gasteiger partial charge in [-0.05, 0) is 43.7 Å². The lowest BCUT2D eigenvalue weighted by Gasteiger charge is -2.29. The molecule has 0 bridgehead atoms.